The third-order valence-corrected chi connectivity index (χ3v) is 4.98. The minimum absolute atomic E-state index is 0.403. The third kappa shape index (κ3) is 3.80. The molecule has 138 valence electrons. The van der Waals surface area contributed by atoms with Gasteiger partial charge in [-0.15, -0.1) is 11.3 Å². The molecule has 0 amide bonds. The SMILES string of the molecule is Cc1nc(NCc2nc(-c3ccncc3)no2)c2c(CC(C)C)csc2n1. The Bertz CT molecular complexity index is 1060. The van der Waals surface area contributed by atoms with Crippen LogP contribution in [-0.4, -0.2) is 25.1 Å². The van der Waals surface area contributed by atoms with Crippen LogP contribution in [0.5, 0.6) is 0 Å². The van der Waals surface area contributed by atoms with Crippen LogP contribution in [0.1, 0.15) is 31.1 Å². The van der Waals surface area contributed by atoms with Gasteiger partial charge in [0.1, 0.15) is 16.5 Å². The Balaban J connectivity index is 1.59. The molecule has 4 aromatic heterocycles. The Morgan fingerprint density at radius 2 is 1.96 bits per heavy atom. The van der Waals surface area contributed by atoms with Crippen molar-refractivity contribution in [2.45, 2.75) is 33.7 Å². The summed E-state index contributed by atoms with van der Waals surface area (Å²) >= 11 is 1.66. The van der Waals surface area contributed by atoms with Crippen LogP contribution < -0.4 is 5.32 Å². The maximum absolute atomic E-state index is 5.37. The second-order valence-electron chi connectivity index (χ2n) is 6.76. The molecule has 0 aliphatic heterocycles. The summed E-state index contributed by atoms with van der Waals surface area (Å²) in [5.74, 6) is 3.18. The molecule has 0 atom stereocenters. The third-order valence-electron chi connectivity index (χ3n) is 4.06. The van der Waals surface area contributed by atoms with Crippen molar-refractivity contribution in [3.05, 3.63) is 47.2 Å². The molecule has 27 heavy (non-hydrogen) atoms. The van der Waals surface area contributed by atoms with Gasteiger partial charge in [-0.3, -0.25) is 4.98 Å². The minimum Gasteiger partial charge on any atom is -0.360 e. The highest BCUT2D eigenvalue weighted by Crippen LogP contribution is 2.31. The van der Waals surface area contributed by atoms with Gasteiger partial charge >= 0.3 is 0 Å². The maximum Gasteiger partial charge on any atom is 0.246 e. The Hall–Kier alpha value is -2.87. The number of fused-ring (bicyclic) bond motifs is 1. The largest absolute Gasteiger partial charge is 0.360 e. The van der Waals surface area contributed by atoms with Crippen molar-refractivity contribution in [1.82, 2.24) is 25.1 Å². The van der Waals surface area contributed by atoms with Crippen LogP contribution in [0, 0.1) is 12.8 Å². The predicted molar refractivity (Wildman–Crippen MR) is 106 cm³/mol. The fourth-order valence-corrected chi connectivity index (χ4v) is 3.93. The van der Waals surface area contributed by atoms with Crippen LogP contribution in [-0.2, 0) is 13.0 Å². The molecule has 0 fully saturated rings. The molecule has 7 nitrogen and oxygen atoms in total. The summed E-state index contributed by atoms with van der Waals surface area (Å²) in [6.45, 7) is 6.73. The molecule has 0 aliphatic carbocycles. The average molecular weight is 380 g/mol. The summed E-state index contributed by atoms with van der Waals surface area (Å²) in [6.07, 6.45) is 4.40. The first-order chi connectivity index (χ1) is 13.1. The van der Waals surface area contributed by atoms with E-state index in [1.807, 2.05) is 19.1 Å². The number of anilines is 1. The molecular weight excluding hydrogens is 360 g/mol. The van der Waals surface area contributed by atoms with Crippen molar-refractivity contribution in [2.24, 2.45) is 5.92 Å². The summed E-state index contributed by atoms with van der Waals surface area (Å²) in [5.41, 5.74) is 2.15. The topological polar surface area (TPSA) is 89.6 Å². The molecule has 0 saturated heterocycles. The average Bonchev–Trinajstić information content (AvgIpc) is 3.27. The first kappa shape index (κ1) is 17.5. The van der Waals surface area contributed by atoms with E-state index < -0.39 is 0 Å². The van der Waals surface area contributed by atoms with E-state index in [9.17, 15) is 0 Å². The van der Waals surface area contributed by atoms with Crippen molar-refractivity contribution in [3.63, 3.8) is 0 Å². The monoisotopic (exact) mass is 380 g/mol. The number of rotatable bonds is 6. The van der Waals surface area contributed by atoms with Gasteiger partial charge in [-0.25, -0.2) is 9.97 Å². The van der Waals surface area contributed by atoms with E-state index in [0.29, 0.717) is 24.2 Å². The van der Waals surface area contributed by atoms with Gasteiger partial charge in [-0.1, -0.05) is 19.0 Å². The summed E-state index contributed by atoms with van der Waals surface area (Å²) in [5, 5.41) is 10.7. The first-order valence-electron chi connectivity index (χ1n) is 8.81. The summed E-state index contributed by atoms with van der Waals surface area (Å²) in [7, 11) is 0. The lowest BCUT2D eigenvalue weighted by Gasteiger charge is -2.09. The quantitative estimate of drug-likeness (QED) is 0.534. The molecule has 0 spiro atoms. The molecule has 0 unspecified atom stereocenters. The normalized spacial score (nSPS) is 11.4. The lowest BCUT2D eigenvalue weighted by Crippen LogP contribution is -2.05. The van der Waals surface area contributed by atoms with E-state index in [-0.39, 0.29) is 0 Å². The van der Waals surface area contributed by atoms with E-state index in [1.165, 1.54) is 5.56 Å². The summed E-state index contributed by atoms with van der Waals surface area (Å²) in [4.78, 5) is 18.6. The zero-order valence-corrected chi connectivity index (χ0v) is 16.2. The highest BCUT2D eigenvalue weighted by atomic mass is 32.1. The lowest BCUT2D eigenvalue weighted by molar-refractivity contribution is 0.384. The van der Waals surface area contributed by atoms with Crippen LogP contribution in [0.2, 0.25) is 0 Å². The summed E-state index contributed by atoms with van der Waals surface area (Å²) in [6, 6.07) is 3.70. The lowest BCUT2D eigenvalue weighted by atomic mass is 10.0. The Morgan fingerprint density at radius 3 is 2.74 bits per heavy atom. The number of hydrogen-bond donors (Lipinski definition) is 1. The van der Waals surface area contributed by atoms with Gasteiger partial charge in [0.25, 0.3) is 0 Å². The molecule has 4 rings (SSSR count). The zero-order chi connectivity index (χ0) is 18.8. The molecule has 0 saturated carbocycles. The van der Waals surface area contributed by atoms with Crippen molar-refractivity contribution in [2.75, 3.05) is 5.32 Å². The first-order valence-corrected chi connectivity index (χ1v) is 9.69. The van der Waals surface area contributed by atoms with E-state index >= 15 is 0 Å². The molecule has 8 heteroatoms. The van der Waals surface area contributed by atoms with Crippen LogP contribution in [0.4, 0.5) is 5.82 Å². The number of aryl methyl sites for hydroxylation is 1. The second-order valence-corrected chi connectivity index (χ2v) is 7.62. The van der Waals surface area contributed by atoms with Gasteiger partial charge in [0, 0.05) is 18.0 Å². The van der Waals surface area contributed by atoms with E-state index in [1.54, 1.807) is 23.7 Å². The van der Waals surface area contributed by atoms with E-state index in [2.05, 4.69) is 49.6 Å². The van der Waals surface area contributed by atoms with Gasteiger partial charge in [-0.2, -0.15) is 4.98 Å². The van der Waals surface area contributed by atoms with Gasteiger partial charge in [0.05, 0.1) is 11.9 Å². The minimum atomic E-state index is 0.403. The summed E-state index contributed by atoms with van der Waals surface area (Å²) < 4.78 is 5.37. The van der Waals surface area contributed by atoms with Crippen LogP contribution in [0.25, 0.3) is 21.6 Å². The van der Waals surface area contributed by atoms with Gasteiger partial charge in [-0.05, 0) is 42.3 Å². The highest BCUT2D eigenvalue weighted by Gasteiger charge is 2.15. The van der Waals surface area contributed by atoms with Gasteiger partial charge < -0.3 is 9.84 Å². The van der Waals surface area contributed by atoms with Crippen LogP contribution >= 0.6 is 11.3 Å². The van der Waals surface area contributed by atoms with Crippen LogP contribution in [0.3, 0.4) is 0 Å². The van der Waals surface area contributed by atoms with E-state index in [4.69, 9.17) is 4.52 Å². The molecule has 0 aromatic carbocycles. The Labute approximate surface area is 160 Å². The zero-order valence-electron chi connectivity index (χ0n) is 15.4. The fourth-order valence-electron chi connectivity index (χ4n) is 2.93. The van der Waals surface area contributed by atoms with Crippen molar-refractivity contribution in [3.8, 4) is 11.4 Å². The van der Waals surface area contributed by atoms with Crippen molar-refractivity contribution in [1.29, 1.82) is 0 Å². The molecular formula is C19H20N6OS. The number of hydrogen-bond acceptors (Lipinski definition) is 8. The second kappa shape index (κ2) is 7.40. The van der Waals surface area contributed by atoms with Crippen molar-refractivity contribution >= 4 is 27.4 Å². The van der Waals surface area contributed by atoms with Crippen LogP contribution in [0.15, 0.2) is 34.4 Å². The maximum atomic E-state index is 5.37. The Morgan fingerprint density at radius 1 is 1.15 bits per heavy atom. The molecule has 0 bridgehead atoms. The number of aromatic nitrogens is 5. The smallest absolute Gasteiger partial charge is 0.246 e. The molecule has 0 aliphatic rings. The standard InChI is InChI=1S/C19H20N6OS/c1-11(2)8-14-10-27-19-16(14)18(22-12(3)23-19)21-9-15-24-17(25-26-15)13-4-6-20-7-5-13/h4-7,10-11H,8-9H2,1-3H3,(H,21,22,23). The number of nitrogens with one attached hydrogen (secondary N) is 1. The molecule has 1 N–H and O–H groups in total. The van der Waals surface area contributed by atoms with Gasteiger partial charge in [0.2, 0.25) is 11.7 Å². The van der Waals surface area contributed by atoms with E-state index in [0.717, 1.165) is 33.8 Å². The van der Waals surface area contributed by atoms with Crippen molar-refractivity contribution < 1.29 is 4.52 Å². The molecule has 4 heterocycles. The highest BCUT2D eigenvalue weighted by molar-refractivity contribution is 7.17. The number of pyridine rings is 1. The van der Waals surface area contributed by atoms with Gasteiger partial charge in [0.15, 0.2) is 0 Å². The Kier molecular flexibility index (Phi) is 4.81. The molecule has 4 aromatic rings. The molecule has 0 radical (unpaired) electrons. The number of thiophene rings is 1. The fraction of sp³-hybridized carbons (Fsp3) is 0.316. The predicted octanol–water partition coefficient (Wildman–Crippen LogP) is 4.26. The number of nitrogens with zero attached hydrogens (tertiary/aromatic N) is 5.